The molecular weight excluding hydrogens is 516 g/mol. The number of hydrogen-bond acceptors (Lipinski definition) is 5. The Balaban J connectivity index is 1.85. The molecule has 3 amide bonds. The molecule has 0 saturated carbocycles. The fourth-order valence-corrected chi connectivity index (χ4v) is 4.71. The molecule has 0 fully saturated rings. The van der Waals surface area contributed by atoms with Crippen molar-refractivity contribution in [3.05, 3.63) is 64.7 Å². The van der Waals surface area contributed by atoms with Gasteiger partial charge < -0.3 is 26.0 Å². The normalized spacial score (nSPS) is 22.0. The number of aryl methyl sites for hydroxylation is 1. The lowest BCUT2D eigenvalue weighted by atomic mass is 10.00. The lowest BCUT2D eigenvalue weighted by molar-refractivity contribution is -0.133. The highest BCUT2D eigenvalue weighted by atomic mass is 35.5. The molecule has 1 aliphatic heterocycles. The molecule has 0 aromatic heterocycles. The summed E-state index contributed by atoms with van der Waals surface area (Å²) in [5.41, 5.74) is 1.99. The molecule has 8 nitrogen and oxygen atoms in total. The zero-order valence-corrected chi connectivity index (χ0v) is 23.9. The maximum Gasteiger partial charge on any atom is 0.243 e. The summed E-state index contributed by atoms with van der Waals surface area (Å²) in [7, 11) is 0. The Hall–Kier alpha value is -3.10. The van der Waals surface area contributed by atoms with Gasteiger partial charge in [0, 0.05) is 18.1 Å². The zero-order valence-electron chi connectivity index (χ0n) is 23.1. The lowest BCUT2D eigenvalue weighted by Crippen LogP contribution is -2.58. The first kappa shape index (κ1) is 30.4. The van der Waals surface area contributed by atoms with Crippen LogP contribution in [0.5, 0.6) is 5.75 Å². The molecule has 3 atom stereocenters. The summed E-state index contributed by atoms with van der Waals surface area (Å²) in [5, 5.41) is 12.7. The third-order valence-electron chi connectivity index (χ3n) is 6.77. The Bertz CT molecular complexity index is 1090. The summed E-state index contributed by atoms with van der Waals surface area (Å²) in [6.07, 6.45) is 3.13. The third-order valence-corrected chi connectivity index (χ3v) is 7.02. The molecule has 1 heterocycles. The summed E-state index contributed by atoms with van der Waals surface area (Å²) in [6.45, 7) is 7.01. The molecule has 212 valence electrons. The van der Waals surface area contributed by atoms with Crippen LogP contribution in [0.15, 0.2) is 48.5 Å². The van der Waals surface area contributed by atoms with Crippen molar-refractivity contribution in [1.29, 1.82) is 0 Å². The largest absolute Gasteiger partial charge is 0.492 e. The first-order chi connectivity index (χ1) is 18.8. The van der Waals surface area contributed by atoms with Gasteiger partial charge in [-0.2, -0.15) is 0 Å². The van der Waals surface area contributed by atoms with Crippen molar-refractivity contribution in [2.75, 3.05) is 19.7 Å². The van der Waals surface area contributed by atoms with E-state index in [0.29, 0.717) is 37.6 Å². The lowest BCUT2D eigenvalue weighted by Gasteiger charge is -2.27. The quantitative estimate of drug-likeness (QED) is 0.451. The Morgan fingerprint density at radius 2 is 1.67 bits per heavy atom. The first-order valence-electron chi connectivity index (χ1n) is 13.9. The number of nitrogens with one attached hydrogen (secondary N) is 4. The Labute approximate surface area is 236 Å². The van der Waals surface area contributed by atoms with E-state index in [2.05, 4.69) is 21.3 Å². The van der Waals surface area contributed by atoms with Crippen LogP contribution in [-0.2, 0) is 27.2 Å². The molecular formula is C30H41ClN4O4. The van der Waals surface area contributed by atoms with Gasteiger partial charge in [-0.05, 0) is 60.9 Å². The average molecular weight is 557 g/mol. The molecule has 0 spiro atoms. The Morgan fingerprint density at radius 1 is 0.923 bits per heavy atom. The van der Waals surface area contributed by atoms with Crippen LogP contribution in [0.2, 0.25) is 5.02 Å². The summed E-state index contributed by atoms with van der Waals surface area (Å²) < 4.78 is 6.07. The van der Waals surface area contributed by atoms with Crippen LogP contribution in [0.4, 0.5) is 0 Å². The van der Waals surface area contributed by atoms with E-state index in [1.54, 1.807) is 12.1 Å². The number of amides is 3. The predicted molar refractivity (Wildman–Crippen MR) is 154 cm³/mol. The number of benzene rings is 2. The van der Waals surface area contributed by atoms with E-state index >= 15 is 0 Å². The maximum absolute atomic E-state index is 13.5. The number of carbonyl (C=O) groups is 3. The Kier molecular flexibility index (Phi) is 12.1. The Morgan fingerprint density at radius 3 is 2.38 bits per heavy atom. The maximum atomic E-state index is 13.5. The molecule has 39 heavy (non-hydrogen) atoms. The van der Waals surface area contributed by atoms with Gasteiger partial charge in [-0.15, -0.1) is 0 Å². The van der Waals surface area contributed by atoms with E-state index in [1.165, 1.54) is 0 Å². The smallest absolute Gasteiger partial charge is 0.243 e. The third kappa shape index (κ3) is 9.55. The number of fused-ring (bicyclic) bond motifs is 1. The second-order valence-electron chi connectivity index (χ2n) is 10.3. The minimum atomic E-state index is -0.791. The fourth-order valence-electron chi connectivity index (χ4n) is 4.58. The van der Waals surface area contributed by atoms with Gasteiger partial charge >= 0.3 is 0 Å². The summed E-state index contributed by atoms with van der Waals surface area (Å²) in [4.78, 5) is 39.8. The molecule has 0 bridgehead atoms. The van der Waals surface area contributed by atoms with Crippen molar-refractivity contribution in [1.82, 2.24) is 21.3 Å². The van der Waals surface area contributed by atoms with Crippen LogP contribution in [0.25, 0.3) is 0 Å². The number of ether oxygens (including phenoxy) is 1. The van der Waals surface area contributed by atoms with Crippen LogP contribution in [0, 0.1) is 5.92 Å². The topological polar surface area (TPSA) is 109 Å². The van der Waals surface area contributed by atoms with Crippen molar-refractivity contribution in [3.63, 3.8) is 0 Å². The molecule has 2 aromatic carbocycles. The van der Waals surface area contributed by atoms with Crippen LogP contribution in [0.1, 0.15) is 51.2 Å². The van der Waals surface area contributed by atoms with E-state index in [-0.39, 0.29) is 23.6 Å². The molecule has 0 unspecified atom stereocenters. The predicted octanol–water partition coefficient (Wildman–Crippen LogP) is 3.41. The minimum Gasteiger partial charge on any atom is -0.492 e. The molecule has 9 heteroatoms. The molecule has 0 saturated heterocycles. The van der Waals surface area contributed by atoms with Crippen LogP contribution in [-0.4, -0.2) is 55.5 Å². The molecule has 1 aliphatic rings. The van der Waals surface area contributed by atoms with E-state index in [0.717, 1.165) is 36.1 Å². The second kappa shape index (κ2) is 15.5. The van der Waals surface area contributed by atoms with Crippen LogP contribution < -0.4 is 26.0 Å². The zero-order chi connectivity index (χ0) is 28.2. The number of para-hydroxylation sites is 1. The number of rotatable bonds is 5. The van der Waals surface area contributed by atoms with Crippen molar-refractivity contribution in [2.45, 2.75) is 71.0 Å². The van der Waals surface area contributed by atoms with Gasteiger partial charge in [0.05, 0.1) is 6.04 Å². The minimum absolute atomic E-state index is 0.180. The standard InChI is InChI=1S/C30H41ClN4O4/c1-4-8-24-28(36)33-16-7-10-22-9-5-6-11-26(22)39-18-17-32-25(19-21-12-14-23(31)15-13-21)29(37)35-27(20(2)3)30(38)34-24/h5-6,9,11-15,20,24-25,27,32H,4,7-8,10,16-19H2,1-3H3,(H,33,36)(H,34,38)(H,35,37)/t24-,25+,27+/m0/s1. The van der Waals surface area contributed by atoms with Crippen LogP contribution in [0.3, 0.4) is 0 Å². The highest BCUT2D eigenvalue weighted by Crippen LogP contribution is 2.19. The van der Waals surface area contributed by atoms with Gasteiger partial charge in [0.2, 0.25) is 17.7 Å². The second-order valence-corrected chi connectivity index (χ2v) is 10.7. The van der Waals surface area contributed by atoms with Gasteiger partial charge in [0.15, 0.2) is 0 Å². The molecule has 0 aliphatic carbocycles. The molecule has 2 aromatic rings. The number of hydrogen-bond donors (Lipinski definition) is 4. The highest BCUT2D eigenvalue weighted by Gasteiger charge is 2.30. The molecule has 3 rings (SSSR count). The van der Waals surface area contributed by atoms with E-state index < -0.39 is 18.1 Å². The van der Waals surface area contributed by atoms with Gasteiger partial charge in [-0.1, -0.05) is 69.1 Å². The van der Waals surface area contributed by atoms with E-state index in [9.17, 15) is 14.4 Å². The summed E-state index contributed by atoms with van der Waals surface area (Å²) in [5.74, 6) is -0.262. The van der Waals surface area contributed by atoms with Gasteiger partial charge in [-0.25, -0.2) is 0 Å². The average Bonchev–Trinajstić information content (AvgIpc) is 2.91. The fraction of sp³-hybridized carbons (Fsp3) is 0.500. The SMILES string of the molecule is CCC[C@@H]1NC(=O)[C@@H](C(C)C)NC(=O)[C@@H](Cc2ccc(Cl)cc2)NCCOc2ccccc2CCCNC1=O. The van der Waals surface area contributed by atoms with Gasteiger partial charge in [0.25, 0.3) is 0 Å². The monoisotopic (exact) mass is 556 g/mol. The summed E-state index contributed by atoms with van der Waals surface area (Å²) in [6, 6.07) is 13.1. The van der Waals surface area contributed by atoms with E-state index in [4.69, 9.17) is 16.3 Å². The van der Waals surface area contributed by atoms with Crippen molar-refractivity contribution in [3.8, 4) is 5.75 Å². The highest BCUT2D eigenvalue weighted by molar-refractivity contribution is 6.30. The van der Waals surface area contributed by atoms with Crippen molar-refractivity contribution in [2.24, 2.45) is 5.92 Å². The van der Waals surface area contributed by atoms with E-state index in [1.807, 2.05) is 57.2 Å². The number of carbonyl (C=O) groups excluding carboxylic acids is 3. The van der Waals surface area contributed by atoms with Gasteiger partial charge in [0.1, 0.15) is 24.4 Å². The first-order valence-corrected chi connectivity index (χ1v) is 14.2. The molecule has 4 N–H and O–H groups in total. The van der Waals surface area contributed by atoms with Crippen molar-refractivity contribution >= 4 is 29.3 Å². The molecule has 0 radical (unpaired) electrons. The van der Waals surface area contributed by atoms with Crippen molar-refractivity contribution < 1.29 is 19.1 Å². The van der Waals surface area contributed by atoms with Gasteiger partial charge in [-0.3, -0.25) is 14.4 Å². The number of halogens is 1. The van der Waals surface area contributed by atoms with Crippen LogP contribution >= 0.6 is 11.6 Å². The summed E-state index contributed by atoms with van der Waals surface area (Å²) >= 11 is 6.05.